The van der Waals surface area contributed by atoms with E-state index in [1.54, 1.807) is 0 Å². The number of esters is 1. The van der Waals surface area contributed by atoms with Gasteiger partial charge in [-0.3, -0.25) is 4.79 Å². The third-order valence-corrected chi connectivity index (χ3v) is 8.77. The van der Waals surface area contributed by atoms with Crippen molar-refractivity contribution in [3.63, 3.8) is 0 Å². The zero-order valence-electron chi connectivity index (χ0n) is 14.6. The molecule has 128 valence electrons. The Labute approximate surface area is 139 Å². The topological polar surface area (TPSA) is 46.5 Å². The van der Waals surface area contributed by atoms with Gasteiger partial charge in [-0.25, -0.2) is 0 Å². The van der Waals surface area contributed by atoms with E-state index < -0.39 is 0 Å². The monoisotopic (exact) mass is 318 g/mol. The number of hydrogen-bond acceptors (Lipinski definition) is 3. The lowest BCUT2D eigenvalue weighted by atomic mass is 9.33. The average molecular weight is 318 g/mol. The van der Waals surface area contributed by atoms with Crippen molar-refractivity contribution in [3.8, 4) is 0 Å². The number of carbonyl (C=O) groups excluding carboxylic acids is 1. The van der Waals surface area contributed by atoms with E-state index >= 15 is 0 Å². The van der Waals surface area contributed by atoms with Gasteiger partial charge in [-0.1, -0.05) is 6.92 Å². The van der Waals surface area contributed by atoms with Gasteiger partial charge in [0.2, 0.25) is 0 Å². The molecule has 0 aliphatic heterocycles. The van der Waals surface area contributed by atoms with E-state index in [1.165, 1.54) is 12.8 Å². The van der Waals surface area contributed by atoms with Crippen LogP contribution in [0.15, 0.2) is 0 Å². The molecule has 3 heteroatoms. The van der Waals surface area contributed by atoms with Crippen molar-refractivity contribution in [3.05, 3.63) is 0 Å². The third kappa shape index (κ3) is 1.68. The van der Waals surface area contributed by atoms with E-state index in [0.717, 1.165) is 31.6 Å². The predicted octanol–water partition coefficient (Wildman–Crippen LogP) is 3.40. The van der Waals surface area contributed by atoms with Crippen LogP contribution in [0.4, 0.5) is 0 Å². The van der Waals surface area contributed by atoms with Crippen LogP contribution in [0.25, 0.3) is 0 Å². The standard InChI is InChI=1S/C20H30O3/c1-4-19(2,3)18(21)23-17-11-7-14-12-5-10-6-13(16(12)17)15(8-11)20(14,22)9-10/h10-17,22H,4-9H2,1-3H3. The number of aliphatic hydroxyl groups is 1. The predicted molar refractivity (Wildman–Crippen MR) is 86.4 cm³/mol. The van der Waals surface area contributed by atoms with Crippen LogP contribution in [-0.2, 0) is 9.53 Å². The molecule has 7 fully saturated rings. The van der Waals surface area contributed by atoms with E-state index in [9.17, 15) is 9.90 Å². The van der Waals surface area contributed by atoms with Crippen LogP contribution in [0.2, 0.25) is 0 Å². The summed E-state index contributed by atoms with van der Waals surface area (Å²) in [5, 5.41) is 11.3. The minimum atomic E-state index is -0.371. The summed E-state index contributed by atoms with van der Waals surface area (Å²) >= 11 is 0. The fourth-order valence-corrected chi connectivity index (χ4v) is 7.49. The highest BCUT2D eigenvalue weighted by Gasteiger charge is 2.72. The molecule has 7 saturated carbocycles. The van der Waals surface area contributed by atoms with Crippen molar-refractivity contribution in [1.29, 1.82) is 0 Å². The highest BCUT2D eigenvalue weighted by atomic mass is 16.5. The molecule has 8 bridgehead atoms. The van der Waals surface area contributed by atoms with Gasteiger partial charge in [0.1, 0.15) is 6.10 Å². The summed E-state index contributed by atoms with van der Waals surface area (Å²) < 4.78 is 6.18. The van der Waals surface area contributed by atoms with Crippen LogP contribution < -0.4 is 0 Å². The van der Waals surface area contributed by atoms with Crippen molar-refractivity contribution in [2.75, 3.05) is 0 Å². The van der Waals surface area contributed by atoms with Gasteiger partial charge in [0.15, 0.2) is 0 Å². The molecule has 7 rings (SSSR count). The first-order valence-corrected chi connectivity index (χ1v) is 9.78. The minimum Gasteiger partial charge on any atom is -0.461 e. The van der Waals surface area contributed by atoms with Crippen LogP contribution in [0.5, 0.6) is 0 Å². The SMILES string of the molecule is CCC(C)(C)C(=O)OC1C2CC3C4CC5CC(C41)C(C2)C3(O)C5. The molecule has 23 heavy (non-hydrogen) atoms. The van der Waals surface area contributed by atoms with Crippen LogP contribution in [0.1, 0.15) is 59.3 Å². The molecule has 1 N–H and O–H groups in total. The number of ether oxygens (including phenoxy) is 1. The summed E-state index contributed by atoms with van der Waals surface area (Å²) in [5.41, 5.74) is -0.731. The number of carbonyl (C=O) groups is 1. The van der Waals surface area contributed by atoms with Gasteiger partial charge in [0.25, 0.3) is 0 Å². The molecule has 0 heterocycles. The Morgan fingerprint density at radius 3 is 2.35 bits per heavy atom. The lowest BCUT2D eigenvalue weighted by molar-refractivity contribution is -0.315. The highest BCUT2D eigenvalue weighted by molar-refractivity contribution is 5.76. The zero-order chi connectivity index (χ0) is 16.1. The largest absolute Gasteiger partial charge is 0.461 e. The molecule has 3 nitrogen and oxygen atoms in total. The summed E-state index contributed by atoms with van der Waals surface area (Å²) in [6.45, 7) is 6.07. The van der Waals surface area contributed by atoms with Crippen molar-refractivity contribution in [2.24, 2.45) is 46.8 Å². The maximum Gasteiger partial charge on any atom is 0.311 e. The zero-order valence-corrected chi connectivity index (χ0v) is 14.6. The van der Waals surface area contributed by atoms with E-state index in [4.69, 9.17) is 4.74 Å². The van der Waals surface area contributed by atoms with Crippen molar-refractivity contribution in [2.45, 2.75) is 71.0 Å². The molecule has 0 radical (unpaired) electrons. The summed E-state index contributed by atoms with van der Waals surface area (Å²) in [7, 11) is 0. The minimum absolute atomic E-state index is 0.000539. The van der Waals surface area contributed by atoms with Crippen LogP contribution in [0.3, 0.4) is 0 Å². The second-order valence-electron chi connectivity index (χ2n) is 9.99. The van der Waals surface area contributed by atoms with Gasteiger partial charge in [-0.2, -0.15) is 0 Å². The highest BCUT2D eigenvalue weighted by Crippen LogP contribution is 2.72. The molecule has 0 spiro atoms. The molecule has 7 aliphatic rings. The third-order valence-electron chi connectivity index (χ3n) is 8.77. The Hall–Kier alpha value is -0.570. The summed E-state index contributed by atoms with van der Waals surface area (Å²) in [5.74, 6) is 4.02. The second kappa shape index (κ2) is 4.33. The molecule has 5 atom stereocenters. The first-order valence-electron chi connectivity index (χ1n) is 9.78. The lowest BCUT2D eigenvalue weighted by Gasteiger charge is -2.73. The van der Waals surface area contributed by atoms with E-state index in [1.807, 2.05) is 13.8 Å². The Balaban J connectivity index is 1.46. The van der Waals surface area contributed by atoms with E-state index in [-0.39, 0.29) is 23.1 Å². The lowest BCUT2D eigenvalue weighted by Crippen LogP contribution is -2.74. The van der Waals surface area contributed by atoms with E-state index in [2.05, 4.69) is 6.92 Å². The second-order valence-corrected chi connectivity index (χ2v) is 9.99. The van der Waals surface area contributed by atoms with Crippen molar-refractivity contribution in [1.82, 2.24) is 0 Å². The molecule has 7 aliphatic carbocycles. The number of rotatable bonds is 3. The molecule has 0 amide bonds. The Morgan fingerprint density at radius 1 is 1.17 bits per heavy atom. The smallest absolute Gasteiger partial charge is 0.311 e. The van der Waals surface area contributed by atoms with Gasteiger partial charge in [0.05, 0.1) is 11.0 Å². The summed E-state index contributed by atoms with van der Waals surface area (Å²) in [6, 6.07) is 0. The number of hydrogen-bond donors (Lipinski definition) is 1. The van der Waals surface area contributed by atoms with Gasteiger partial charge in [-0.15, -0.1) is 0 Å². The molecule has 0 aromatic rings. The van der Waals surface area contributed by atoms with E-state index in [0.29, 0.717) is 35.5 Å². The Kier molecular flexibility index (Phi) is 2.78. The van der Waals surface area contributed by atoms with Crippen LogP contribution in [0, 0.1) is 46.8 Å². The molecular formula is C20H30O3. The Bertz CT molecular complexity index is 529. The average Bonchev–Trinajstić information content (AvgIpc) is 2.51. The van der Waals surface area contributed by atoms with Gasteiger partial charge in [-0.05, 0) is 87.9 Å². The maximum absolute atomic E-state index is 12.7. The van der Waals surface area contributed by atoms with Gasteiger partial charge < -0.3 is 9.84 Å². The van der Waals surface area contributed by atoms with Crippen LogP contribution >= 0.6 is 0 Å². The van der Waals surface area contributed by atoms with Crippen molar-refractivity contribution < 1.29 is 14.6 Å². The molecule has 0 saturated heterocycles. The quantitative estimate of drug-likeness (QED) is 0.811. The summed E-state index contributed by atoms with van der Waals surface area (Å²) in [4.78, 5) is 12.7. The van der Waals surface area contributed by atoms with Crippen molar-refractivity contribution >= 4 is 5.97 Å². The summed E-state index contributed by atoms with van der Waals surface area (Å²) in [6.07, 6.45) is 6.77. The van der Waals surface area contributed by atoms with Gasteiger partial charge in [0, 0.05) is 5.92 Å². The normalized spacial score (nSPS) is 55.5. The first kappa shape index (κ1) is 14.7. The Morgan fingerprint density at radius 2 is 1.78 bits per heavy atom. The molecular weight excluding hydrogens is 288 g/mol. The molecule has 0 aromatic heterocycles. The fraction of sp³-hybridized carbons (Fsp3) is 0.950. The first-order chi connectivity index (χ1) is 10.8. The van der Waals surface area contributed by atoms with Gasteiger partial charge >= 0.3 is 5.97 Å². The van der Waals surface area contributed by atoms with Crippen LogP contribution in [-0.4, -0.2) is 22.8 Å². The fourth-order valence-electron chi connectivity index (χ4n) is 7.49. The molecule has 0 aromatic carbocycles. The maximum atomic E-state index is 12.7. The molecule has 5 unspecified atom stereocenters.